The van der Waals surface area contributed by atoms with Crippen molar-refractivity contribution >= 4 is 0 Å². The standard InChI is InChI=1S/C12H28N4/c1-2-16-11-4-7-14-9-8-13-5-3-6-15-10-12-16/h13-15H,2-12H2,1H3. The highest BCUT2D eigenvalue weighted by molar-refractivity contribution is 4.62. The van der Waals surface area contributed by atoms with Gasteiger partial charge in [0.1, 0.15) is 0 Å². The summed E-state index contributed by atoms with van der Waals surface area (Å²) in [6.07, 6.45) is 2.49. The van der Waals surface area contributed by atoms with Crippen molar-refractivity contribution in [1.29, 1.82) is 0 Å². The molecule has 0 aromatic heterocycles. The third-order valence-electron chi connectivity index (χ3n) is 3.07. The van der Waals surface area contributed by atoms with Crippen LogP contribution in [0.25, 0.3) is 0 Å². The summed E-state index contributed by atoms with van der Waals surface area (Å²) in [6, 6.07) is 0. The Bertz CT molecular complexity index is 138. The predicted molar refractivity (Wildman–Crippen MR) is 70.0 cm³/mol. The fourth-order valence-electron chi connectivity index (χ4n) is 1.98. The van der Waals surface area contributed by atoms with Crippen molar-refractivity contribution in [3.8, 4) is 0 Å². The summed E-state index contributed by atoms with van der Waals surface area (Å²) in [6.45, 7) is 12.6. The maximum absolute atomic E-state index is 3.51. The molecule has 0 spiro atoms. The Morgan fingerprint density at radius 1 is 0.750 bits per heavy atom. The van der Waals surface area contributed by atoms with E-state index in [2.05, 4.69) is 27.8 Å². The van der Waals surface area contributed by atoms with Crippen LogP contribution in [-0.4, -0.2) is 63.8 Å². The predicted octanol–water partition coefficient (Wildman–Crippen LogP) is -0.129. The van der Waals surface area contributed by atoms with Crippen LogP contribution < -0.4 is 16.0 Å². The fourth-order valence-corrected chi connectivity index (χ4v) is 1.98. The summed E-state index contributed by atoms with van der Waals surface area (Å²) in [5.41, 5.74) is 0. The summed E-state index contributed by atoms with van der Waals surface area (Å²) in [4.78, 5) is 2.53. The van der Waals surface area contributed by atoms with E-state index in [4.69, 9.17) is 0 Å². The molecular weight excluding hydrogens is 200 g/mol. The normalized spacial score (nSPS) is 23.8. The minimum atomic E-state index is 1.09. The van der Waals surface area contributed by atoms with Crippen molar-refractivity contribution in [2.24, 2.45) is 0 Å². The zero-order valence-electron chi connectivity index (χ0n) is 10.7. The maximum Gasteiger partial charge on any atom is 0.0107 e. The van der Waals surface area contributed by atoms with E-state index in [0.29, 0.717) is 0 Å². The van der Waals surface area contributed by atoms with Gasteiger partial charge in [-0.1, -0.05) is 6.92 Å². The van der Waals surface area contributed by atoms with Gasteiger partial charge < -0.3 is 20.9 Å². The second-order valence-electron chi connectivity index (χ2n) is 4.39. The van der Waals surface area contributed by atoms with E-state index in [1.807, 2.05) is 0 Å². The number of hydrogen-bond donors (Lipinski definition) is 3. The highest BCUT2D eigenvalue weighted by Crippen LogP contribution is 1.90. The highest BCUT2D eigenvalue weighted by Gasteiger charge is 2.01. The van der Waals surface area contributed by atoms with Gasteiger partial charge >= 0.3 is 0 Å². The number of nitrogens with zero attached hydrogens (tertiary/aromatic N) is 1. The summed E-state index contributed by atoms with van der Waals surface area (Å²) in [5.74, 6) is 0. The molecule has 0 aromatic carbocycles. The van der Waals surface area contributed by atoms with Crippen LogP contribution in [0.5, 0.6) is 0 Å². The van der Waals surface area contributed by atoms with E-state index >= 15 is 0 Å². The third kappa shape index (κ3) is 7.17. The van der Waals surface area contributed by atoms with Crippen molar-refractivity contribution < 1.29 is 0 Å². The third-order valence-corrected chi connectivity index (χ3v) is 3.07. The first-order valence-electron chi connectivity index (χ1n) is 6.78. The Balaban J connectivity index is 2.16. The van der Waals surface area contributed by atoms with Crippen molar-refractivity contribution in [3.05, 3.63) is 0 Å². The van der Waals surface area contributed by atoms with Gasteiger partial charge in [-0.15, -0.1) is 0 Å². The van der Waals surface area contributed by atoms with Crippen molar-refractivity contribution in [1.82, 2.24) is 20.9 Å². The zero-order chi connectivity index (χ0) is 11.5. The minimum Gasteiger partial charge on any atom is -0.315 e. The van der Waals surface area contributed by atoms with Crippen LogP contribution in [0.1, 0.15) is 19.8 Å². The average Bonchev–Trinajstić information content (AvgIpc) is 2.32. The highest BCUT2D eigenvalue weighted by atomic mass is 15.1. The average molecular weight is 228 g/mol. The van der Waals surface area contributed by atoms with Crippen LogP contribution in [0.4, 0.5) is 0 Å². The van der Waals surface area contributed by atoms with Crippen molar-refractivity contribution in [2.75, 3.05) is 58.9 Å². The molecule has 1 heterocycles. The molecule has 0 saturated carbocycles. The molecule has 1 aliphatic heterocycles. The number of nitrogens with one attached hydrogen (secondary N) is 3. The molecule has 16 heavy (non-hydrogen) atoms. The van der Waals surface area contributed by atoms with E-state index in [9.17, 15) is 0 Å². The number of likely N-dealkylation sites (N-methyl/N-ethyl adjacent to an activating group) is 1. The molecule has 0 amide bonds. The van der Waals surface area contributed by atoms with Crippen LogP contribution >= 0.6 is 0 Å². The van der Waals surface area contributed by atoms with E-state index < -0.39 is 0 Å². The van der Waals surface area contributed by atoms with Crippen molar-refractivity contribution in [2.45, 2.75) is 19.8 Å². The minimum absolute atomic E-state index is 1.09. The van der Waals surface area contributed by atoms with Crippen LogP contribution in [0.2, 0.25) is 0 Å². The Morgan fingerprint density at radius 3 is 2.06 bits per heavy atom. The first-order valence-corrected chi connectivity index (χ1v) is 6.78. The molecule has 4 nitrogen and oxygen atoms in total. The maximum atomic E-state index is 3.51. The van der Waals surface area contributed by atoms with E-state index in [1.54, 1.807) is 0 Å². The molecule has 0 atom stereocenters. The lowest BCUT2D eigenvalue weighted by Crippen LogP contribution is -2.36. The van der Waals surface area contributed by atoms with Gasteiger partial charge in [0, 0.05) is 26.2 Å². The first kappa shape index (κ1) is 13.9. The lowest BCUT2D eigenvalue weighted by Gasteiger charge is -2.21. The molecule has 4 heteroatoms. The topological polar surface area (TPSA) is 39.3 Å². The molecule has 0 aliphatic carbocycles. The van der Waals surface area contributed by atoms with Gasteiger partial charge in [-0.25, -0.2) is 0 Å². The SMILES string of the molecule is CCN1CCCNCCNCCCNCC1. The van der Waals surface area contributed by atoms with Gasteiger partial charge in [-0.2, -0.15) is 0 Å². The first-order chi connectivity index (χ1) is 7.93. The largest absolute Gasteiger partial charge is 0.315 e. The Labute approximate surface area is 100 Å². The molecule has 0 bridgehead atoms. The summed E-state index contributed by atoms with van der Waals surface area (Å²) in [5, 5.41) is 10.4. The number of rotatable bonds is 1. The molecule has 0 aromatic rings. The monoisotopic (exact) mass is 228 g/mol. The molecule has 96 valence electrons. The van der Waals surface area contributed by atoms with E-state index in [1.165, 1.54) is 32.5 Å². The quantitative estimate of drug-likeness (QED) is 0.585. The van der Waals surface area contributed by atoms with Gasteiger partial charge in [0.05, 0.1) is 0 Å². The Hall–Kier alpha value is -0.160. The summed E-state index contributed by atoms with van der Waals surface area (Å²) >= 11 is 0. The number of hydrogen-bond acceptors (Lipinski definition) is 4. The molecule has 0 radical (unpaired) electrons. The van der Waals surface area contributed by atoms with E-state index in [0.717, 1.165) is 39.3 Å². The molecule has 1 fully saturated rings. The Kier molecular flexibility index (Phi) is 8.71. The summed E-state index contributed by atoms with van der Waals surface area (Å²) in [7, 11) is 0. The van der Waals surface area contributed by atoms with Crippen molar-refractivity contribution in [3.63, 3.8) is 0 Å². The lowest BCUT2D eigenvalue weighted by molar-refractivity contribution is 0.281. The Morgan fingerprint density at radius 2 is 1.38 bits per heavy atom. The fraction of sp³-hybridized carbons (Fsp3) is 1.00. The molecular formula is C12H28N4. The second kappa shape index (κ2) is 10.0. The van der Waals surface area contributed by atoms with Gasteiger partial charge in [0.2, 0.25) is 0 Å². The summed E-state index contributed by atoms with van der Waals surface area (Å²) < 4.78 is 0. The molecule has 1 rings (SSSR count). The van der Waals surface area contributed by atoms with Gasteiger partial charge in [0.15, 0.2) is 0 Å². The zero-order valence-corrected chi connectivity index (χ0v) is 10.7. The van der Waals surface area contributed by atoms with E-state index in [-0.39, 0.29) is 0 Å². The van der Waals surface area contributed by atoms with Crippen LogP contribution in [-0.2, 0) is 0 Å². The van der Waals surface area contributed by atoms with Gasteiger partial charge in [0.25, 0.3) is 0 Å². The van der Waals surface area contributed by atoms with Crippen LogP contribution in [0, 0.1) is 0 Å². The second-order valence-corrected chi connectivity index (χ2v) is 4.39. The van der Waals surface area contributed by atoms with Crippen LogP contribution in [0.3, 0.4) is 0 Å². The lowest BCUT2D eigenvalue weighted by atomic mass is 10.3. The van der Waals surface area contributed by atoms with Gasteiger partial charge in [-0.3, -0.25) is 0 Å². The molecule has 1 aliphatic rings. The van der Waals surface area contributed by atoms with Crippen LogP contribution in [0.15, 0.2) is 0 Å². The molecule has 3 N–H and O–H groups in total. The smallest absolute Gasteiger partial charge is 0.0107 e. The molecule has 0 unspecified atom stereocenters. The van der Waals surface area contributed by atoms with Gasteiger partial charge in [-0.05, 0) is 45.6 Å². The molecule has 1 saturated heterocycles.